The van der Waals surface area contributed by atoms with Crippen LogP contribution in [0.5, 0.6) is 5.75 Å². The first-order chi connectivity index (χ1) is 13.5. The van der Waals surface area contributed by atoms with Crippen molar-refractivity contribution in [3.63, 3.8) is 0 Å². The Morgan fingerprint density at radius 1 is 1.29 bits per heavy atom. The Balaban J connectivity index is 1.63. The maximum atomic E-state index is 14.0. The van der Waals surface area contributed by atoms with Gasteiger partial charge in [0, 0.05) is 11.5 Å². The molecular formula is C19H16BrFN4O3. The highest BCUT2D eigenvalue weighted by Gasteiger charge is 2.36. The van der Waals surface area contributed by atoms with Gasteiger partial charge in [-0.15, -0.1) is 0 Å². The summed E-state index contributed by atoms with van der Waals surface area (Å²) >= 11 is 3.14. The van der Waals surface area contributed by atoms with Gasteiger partial charge in [-0.2, -0.15) is 5.10 Å². The van der Waals surface area contributed by atoms with Crippen LogP contribution in [-0.2, 0) is 16.1 Å². The average molecular weight is 447 g/mol. The molecule has 0 aliphatic carbocycles. The molecule has 7 nitrogen and oxygen atoms in total. The molecule has 4 rings (SSSR count). The summed E-state index contributed by atoms with van der Waals surface area (Å²) in [5.41, 5.74) is 1.26. The fourth-order valence-electron chi connectivity index (χ4n) is 3.15. The number of benzene rings is 2. The zero-order valence-electron chi connectivity index (χ0n) is 14.9. The molecule has 0 bridgehead atoms. The summed E-state index contributed by atoms with van der Waals surface area (Å²) in [5.74, 6) is -0.540. The minimum Gasteiger partial charge on any atom is -0.497 e. The van der Waals surface area contributed by atoms with Gasteiger partial charge >= 0.3 is 0 Å². The molecule has 1 fully saturated rings. The minimum absolute atomic E-state index is 0.0209. The Morgan fingerprint density at radius 3 is 2.75 bits per heavy atom. The van der Waals surface area contributed by atoms with Gasteiger partial charge in [-0.1, -0.05) is 12.1 Å². The van der Waals surface area contributed by atoms with E-state index < -0.39 is 17.9 Å². The van der Waals surface area contributed by atoms with Crippen molar-refractivity contribution in [2.75, 3.05) is 13.7 Å². The van der Waals surface area contributed by atoms with E-state index in [2.05, 4.69) is 26.3 Å². The first-order valence-electron chi connectivity index (χ1n) is 8.50. The molecule has 9 heteroatoms. The molecule has 1 saturated heterocycles. The van der Waals surface area contributed by atoms with E-state index in [0.29, 0.717) is 21.1 Å². The van der Waals surface area contributed by atoms with Crippen LogP contribution in [0.25, 0.3) is 10.9 Å². The topological polar surface area (TPSA) is 76.5 Å². The lowest BCUT2D eigenvalue weighted by atomic mass is 10.1. The van der Waals surface area contributed by atoms with E-state index in [4.69, 9.17) is 4.74 Å². The fourth-order valence-corrected chi connectivity index (χ4v) is 3.51. The van der Waals surface area contributed by atoms with Crippen LogP contribution in [0.3, 0.4) is 0 Å². The van der Waals surface area contributed by atoms with Crippen molar-refractivity contribution < 1.29 is 18.7 Å². The van der Waals surface area contributed by atoms with Crippen LogP contribution < -0.4 is 10.1 Å². The highest BCUT2D eigenvalue weighted by atomic mass is 79.9. The van der Waals surface area contributed by atoms with Crippen molar-refractivity contribution in [3.05, 3.63) is 58.4 Å². The van der Waals surface area contributed by atoms with E-state index in [1.54, 1.807) is 43.6 Å². The van der Waals surface area contributed by atoms with Crippen molar-refractivity contribution >= 4 is 38.6 Å². The molecule has 1 aliphatic rings. The van der Waals surface area contributed by atoms with Gasteiger partial charge in [0.1, 0.15) is 11.6 Å². The Bertz CT molecular complexity index is 1070. The van der Waals surface area contributed by atoms with Gasteiger partial charge in [0.05, 0.1) is 36.4 Å². The standard InChI is InChI=1S/C19H16BrFN4O3/c1-28-13-4-2-11(3-5-13)10-24-17(26)9-22-18(19(24)27)25-16-7-15(21)14(20)6-12(16)8-23-25/h2-8,18,22H,9-10H2,1H3. The minimum atomic E-state index is -0.894. The summed E-state index contributed by atoms with van der Waals surface area (Å²) in [4.78, 5) is 26.5. The summed E-state index contributed by atoms with van der Waals surface area (Å²) in [6.45, 7) is 0.117. The van der Waals surface area contributed by atoms with Gasteiger partial charge in [-0.3, -0.25) is 19.8 Å². The Morgan fingerprint density at radius 2 is 2.04 bits per heavy atom. The molecule has 1 aliphatic heterocycles. The van der Waals surface area contributed by atoms with Crippen LogP contribution >= 0.6 is 15.9 Å². The summed E-state index contributed by atoms with van der Waals surface area (Å²) in [6, 6.07) is 10.0. The number of fused-ring (bicyclic) bond motifs is 1. The van der Waals surface area contributed by atoms with Crippen molar-refractivity contribution in [1.29, 1.82) is 0 Å². The largest absolute Gasteiger partial charge is 0.497 e. The summed E-state index contributed by atoms with van der Waals surface area (Å²) in [7, 11) is 1.57. The molecule has 144 valence electrons. The average Bonchev–Trinajstić information content (AvgIpc) is 3.08. The van der Waals surface area contributed by atoms with Crippen LogP contribution in [0.1, 0.15) is 11.7 Å². The molecular weight excluding hydrogens is 431 g/mol. The molecule has 2 heterocycles. The molecule has 1 atom stereocenters. The SMILES string of the molecule is COc1ccc(CN2C(=O)CNC(n3ncc4cc(Br)c(F)cc43)C2=O)cc1. The molecule has 1 unspecified atom stereocenters. The number of carbonyl (C=O) groups excluding carboxylic acids is 2. The number of rotatable bonds is 4. The lowest BCUT2D eigenvalue weighted by Crippen LogP contribution is -2.55. The normalized spacial score (nSPS) is 17.4. The van der Waals surface area contributed by atoms with Gasteiger partial charge in [0.25, 0.3) is 5.91 Å². The monoisotopic (exact) mass is 446 g/mol. The van der Waals surface area contributed by atoms with Crippen LogP contribution in [-0.4, -0.2) is 40.1 Å². The quantitative estimate of drug-likeness (QED) is 0.623. The fraction of sp³-hybridized carbons (Fsp3) is 0.211. The van der Waals surface area contributed by atoms with Gasteiger partial charge < -0.3 is 4.74 Å². The first-order valence-corrected chi connectivity index (χ1v) is 9.30. The number of nitrogens with one attached hydrogen (secondary N) is 1. The number of nitrogens with zero attached hydrogens (tertiary/aromatic N) is 3. The Kier molecular flexibility index (Phi) is 4.86. The van der Waals surface area contributed by atoms with Gasteiger partial charge in [0.2, 0.25) is 5.91 Å². The Labute approximate surface area is 168 Å². The maximum absolute atomic E-state index is 14.0. The molecule has 28 heavy (non-hydrogen) atoms. The molecule has 0 saturated carbocycles. The molecule has 1 aromatic heterocycles. The molecule has 2 aromatic carbocycles. The second kappa shape index (κ2) is 7.33. The van der Waals surface area contributed by atoms with E-state index in [0.717, 1.165) is 5.56 Å². The van der Waals surface area contributed by atoms with Crippen molar-refractivity contribution in [2.45, 2.75) is 12.7 Å². The number of methoxy groups -OCH3 is 1. The number of imide groups is 1. The lowest BCUT2D eigenvalue weighted by molar-refractivity contribution is -0.152. The molecule has 0 spiro atoms. The van der Waals surface area contributed by atoms with Crippen molar-refractivity contribution in [3.8, 4) is 5.75 Å². The van der Waals surface area contributed by atoms with Gasteiger partial charge in [-0.05, 0) is 39.7 Å². The predicted molar refractivity (Wildman–Crippen MR) is 103 cm³/mol. The number of amides is 2. The number of hydrogen-bond acceptors (Lipinski definition) is 5. The number of halogens is 2. The Hall–Kier alpha value is -2.78. The third kappa shape index (κ3) is 3.27. The van der Waals surface area contributed by atoms with Crippen LogP contribution in [0.2, 0.25) is 0 Å². The van der Waals surface area contributed by atoms with Crippen LogP contribution in [0.4, 0.5) is 4.39 Å². The highest BCUT2D eigenvalue weighted by Crippen LogP contribution is 2.26. The van der Waals surface area contributed by atoms with Crippen molar-refractivity contribution in [1.82, 2.24) is 20.0 Å². The summed E-state index contributed by atoms with van der Waals surface area (Å²) in [5, 5.41) is 7.80. The lowest BCUT2D eigenvalue weighted by Gasteiger charge is -2.32. The maximum Gasteiger partial charge on any atom is 0.269 e. The highest BCUT2D eigenvalue weighted by molar-refractivity contribution is 9.10. The number of hydrogen-bond donors (Lipinski definition) is 1. The van der Waals surface area contributed by atoms with Crippen molar-refractivity contribution in [2.24, 2.45) is 0 Å². The van der Waals surface area contributed by atoms with Gasteiger partial charge in [0.15, 0.2) is 6.17 Å². The number of aromatic nitrogens is 2. The van der Waals surface area contributed by atoms with E-state index in [1.807, 2.05) is 0 Å². The van der Waals surface area contributed by atoms with E-state index in [1.165, 1.54) is 15.6 Å². The molecule has 0 radical (unpaired) electrons. The first kappa shape index (κ1) is 18.6. The van der Waals surface area contributed by atoms with Crippen LogP contribution in [0.15, 0.2) is 47.1 Å². The molecule has 1 N–H and O–H groups in total. The van der Waals surface area contributed by atoms with Gasteiger partial charge in [-0.25, -0.2) is 9.07 Å². The molecule has 3 aromatic rings. The molecule has 2 amide bonds. The number of ether oxygens (including phenoxy) is 1. The van der Waals surface area contributed by atoms with E-state index >= 15 is 0 Å². The third-order valence-corrected chi connectivity index (χ3v) is 5.24. The smallest absolute Gasteiger partial charge is 0.269 e. The number of piperazine rings is 1. The zero-order valence-corrected chi connectivity index (χ0v) is 16.4. The van der Waals surface area contributed by atoms with Crippen LogP contribution in [0, 0.1) is 5.82 Å². The summed E-state index contributed by atoms with van der Waals surface area (Å²) < 4.78 is 20.8. The zero-order chi connectivity index (χ0) is 19.8. The predicted octanol–water partition coefficient (Wildman–Crippen LogP) is 2.60. The van der Waals surface area contributed by atoms with E-state index in [9.17, 15) is 14.0 Å². The summed E-state index contributed by atoms with van der Waals surface area (Å²) in [6.07, 6.45) is 0.660. The second-order valence-electron chi connectivity index (χ2n) is 6.36. The third-order valence-electron chi connectivity index (χ3n) is 4.63. The second-order valence-corrected chi connectivity index (χ2v) is 7.22. The number of carbonyl (C=O) groups is 2. The van der Waals surface area contributed by atoms with E-state index in [-0.39, 0.29) is 19.0 Å².